The summed E-state index contributed by atoms with van der Waals surface area (Å²) in [4.78, 5) is 0. The van der Waals surface area contributed by atoms with Gasteiger partial charge in [0.15, 0.2) is 0 Å². The third kappa shape index (κ3) is 5.31. The van der Waals surface area contributed by atoms with Gasteiger partial charge in [0.05, 0.1) is 12.7 Å². The first-order valence-corrected chi connectivity index (χ1v) is 9.04. The minimum Gasteiger partial charge on any atom is -0.493 e. The average Bonchev–Trinajstić information content (AvgIpc) is 2.52. The third-order valence-corrected chi connectivity index (χ3v) is 4.14. The molecule has 0 aromatic heterocycles. The van der Waals surface area contributed by atoms with Crippen LogP contribution in [0.5, 0.6) is 11.5 Å². The number of ether oxygens (including phenoxy) is 2. The Bertz CT molecular complexity index is 622. The molecule has 0 aliphatic heterocycles. The first-order valence-electron chi connectivity index (χ1n) is 8.50. The van der Waals surface area contributed by atoms with E-state index in [0.717, 1.165) is 36.8 Å². The van der Waals surface area contributed by atoms with E-state index in [2.05, 4.69) is 31.2 Å². The maximum absolute atomic E-state index is 5.96. The van der Waals surface area contributed by atoms with Crippen LogP contribution >= 0.6 is 11.6 Å². The Morgan fingerprint density at radius 3 is 2.52 bits per heavy atom. The van der Waals surface area contributed by atoms with Crippen LogP contribution in [0, 0.1) is 6.92 Å². The fraction of sp³-hybridized carbons (Fsp3) is 0.500. The van der Waals surface area contributed by atoms with Gasteiger partial charge in [0.1, 0.15) is 11.5 Å². The van der Waals surface area contributed by atoms with Crippen LogP contribution in [0.1, 0.15) is 45.1 Å². The summed E-state index contributed by atoms with van der Waals surface area (Å²) in [6.45, 7) is 6.97. The van der Waals surface area contributed by atoms with Crippen LogP contribution < -0.4 is 9.47 Å². The molecule has 23 heavy (non-hydrogen) atoms. The van der Waals surface area contributed by atoms with Crippen molar-refractivity contribution >= 4 is 22.4 Å². The second kappa shape index (κ2) is 9.02. The van der Waals surface area contributed by atoms with E-state index >= 15 is 0 Å². The Hall–Kier alpha value is -1.41. The van der Waals surface area contributed by atoms with Gasteiger partial charge in [-0.2, -0.15) is 0 Å². The SMILES string of the molecule is Cc1c(OCCCCCCCl)ccc2cc(OC(C)C)ccc12. The minimum absolute atomic E-state index is 0.190. The van der Waals surface area contributed by atoms with E-state index < -0.39 is 0 Å². The number of halogens is 1. The normalized spacial score (nSPS) is 11.2. The van der Waals surface area contributed by atoms with Gasteiger partial charge in [0.2, 0.25) is 0 Å². The summed E-state index contributed by atoms with van der Waals surface area (Å²) < 4.78 is 11.7. The highest BCUT2D eigenvalue weighted by Gasteiger charge is 2.07. The lowest BCUT2D eigenvalue weighted by atomic mass is 10.0. The molecule has 0 amide bonds. The lowest BCUT2D eigenvalue weighted by Crippen LogP contribution is -2.05. The Morgan fingerprint density at radius 2 is 1.78 bits per heavy atom. The van der Waals surface area contributed by atoms with Gasteiger partial charge in [-0.3, -0.25) is 0 Å². The van der Waals surface area contributed by atoms with E-state index in [9.17, 15) is 0 Å². The molecule has 0 atom stereocenters. The summed E-state index contributed by atoms with van der Waals surface area (Å²) in [5.74, 6) is 2.65. The standard InChI is InChI=1S/C20H27ClO2/c1-15(2)23-18-9-10-19-16(3)20(11-8-17(19)14-18)22-13-7-5-4-6-12-21/h8-11,14-15H,4-7,12-13H2,1-3H3. The topological polar surface area (TPSA) is 18.5 Å². The van der Waals surface area contributed by atoms with Crippen LogP contribution in [0.3, 0.4) is 0 Å². The fourth-order valence-corrected chi connectivity index (χ4v) is 2.87. The zero-order valence-electron chi connectivity index (χ0n) is 14.4. The van der Waals surface area contributed by atoms with E-state index in [1.807, 2.05) is 19.9 Å². The molecular formula is C20H27ClO2. The molecule has 0 fully saturated rings. The van der Waals surface area contributed by atoms with Crippen molar-refractivity contribution in [1.82, 2.24) is 0 Å². The van der Waals surface area contributed by atoms with Crippen molar-refractivity contribution in [3.05, 3.63) is 35.9 Å². The summed E-state index contributed by atoms with van der Waals surface area (Å²) in [5, 5.41) is 2.41. The zero-order valence-corrected chi connectivity index (χ0v) is 15.2. The van der Waals surface area contributed by atoms with Gasteiger partial charge in [-0.15, -0.1) is 11.6 Å². The molecule has 2 nitrogen and oxygen atoms in total. The van der Waals surface area contributed by atoms with Crippen molar-refractivity contribution < 1.29 is 9.47 Å². The number of hydrogen-bond acceptors (Lipinski definition) is 2. The van der Waals surface area contributed by atoms with Crippen LogP contribution in [0.25, 0.3) is 10.8 Å². The van der Waals surface area contributed by atoms with Crippen molar-refractivity contribution in [1.29, 1.82) is 0 Å². The molecule has 0 unspecified atom stereocenters. The molecule has 0 aliphatic carbocycles. The highest BCUT2D eigenvalue weighted by atomic mass is 35.5. The monoisotopic (exact) mass is 334 g/mol. The van der Waals surface area contributed by atoms with Gasteiger partial charge in [-0.25, -0.2) is 0 Å². The number of rotatable bonds is 9. The lowest BCUT2D eigenvalue weighted by molar-refractivity contribution is 0.243. The Kier molecular flexibility index (Phi) is 7.04. The molecule has 0 N–H and O–H groups in total. The molecule has 0 saturated heterocycles. The Balaban J connectivity index is 2.01. The maximum Gasteiger partial charge on any atom is 0.122 e. The molecule has 0 radical (unpaired) electrons. The molecule has 126 valence electrons. The lowest BCUT2D eigenvalue weighted by Gasteiger charge is -2.14. The predicted octanol–water partition coefficient (Wildman–Crippen LogP) is 6.11. The molecule has 0 aliphatic rings. The van der Waals surface area contributed by atoms with E-state index in [1.54, 1.807) is 0 Å². The number of fused-ring (bicyclic) bond motifs is 1. The average molecular weight is 335 g/mol. The summed E-state index contributed by atoms with van der Waals surface area (Å²) in [6, 6.07) is 10.4. The van der Waals surface area contributed by atoms with Gasteiger partial charge in [-0.05, 0) is 68.1 Å². The first-order chi connectivity index (χ1) is 11.1. The van der Waals surface area contributed by atoms with Crippen molar-refractivity contribution in [3.8, 4) is 11.5 Å². The largest absolute Gasteiger partial charge is 0.493 e. The Morgan fingerprint density at radius 1 is 1.00 bits per heavy atom. The summed E-state index contributed by atoms with van der Waals surface area (Å²) in [7, 11) is 0. The Labute approximate surface area is 144 Å². The van der Waals surface area contributed by atoms with Gasteiger partial charge in [0, 0.05) is 5.88 Å². The second-order valence-electron chi connectivity index (χ2n) is 6.19. The number of benzene rings is 2. The third-order valence-electron chi connectivity index (χ3n) is 3.87. The van der Waals surface area contributed by atoms with E-state index in [4.69, 9.17) is 21.1 Å². The summed E-state index contributed by atoms with van der Waals surface area (Å²) in [6.07, 6.45) is 4.72. The molecule has 0 bridgehead atoms. The van der Waals surface area contributed by atoms with Crippen LogP contribution in [0.4, 0.5) is 0 Å². The van der Waals surface area contributed by atoms with E-state index in [-0.39, 0.29) is 6.10 Å². The van der Waals surface area contributed by atoms with Gasteiger partial charge in [0.25, 0.3) is 0 Å². The molecule has 3 heteroatoms. The molecule has 0 saturated carbocycles. The highest BCUT2D eigenvalue weighted by molar-refractivity contribution is 6.17. The molecule has 0 spiro atoms. The van der Waals surface area contributed by atoms with Gasteiger partial charge in [-0.1, -0.05) is 25.0 Å². The number of alkyl halides is 1. The zero-order chi connectivity index (χ0) is 16.7. The minimum atomic E-state index is 0.190. The van der Waals surface area contributed by atoms with Crippen LogP contribution in [0.2, 0.25) is 0 Å². The van der Waals surface area contributed by atoms with Gasteiger partial charge >= 0.3 is 0 Å². The molecule has 0 heterocycles. The van der Waals surface area contributed by atoms with Crippen molar-refractivity contribution in [2.45, 2.75) is 52.6 Å². The first kappa shape index (κ1) is 17.9. The molecule has 2 aromatic carbocycles. The van der Waals surface area contributed by atoms with Crippen molar-refractivity contribution in [3.63, 3.8) is 0 Å². The number of unbranched alkanes of at least 4 members (excludes halogenated alkanes) is 3. The van der Waals surface area contributed by atoms with Crippen LogP contribution in [-0.2, 0) is 0 Å². The summed E-state index contributed by atoms with van der Waals surface area (Å²) >= 11 is 5.69. The number of hydrogen-bond donors (Lipinski definition) is 0. The quantitative estimate of drug-likeness (QED) is 0.406. The van der Waals surface area contributed by atoms with Crippen molar-refractivity contribution in [2.24, 2.45) is 0 Å². The highest BCUT2D eigenvalue weighted by Crippen LogP contribution is 2.30. The van der Waals surface area contributed by atoms with Gasteiger partial charge < -0.3 is 9.47 Å². The smallest absolute Gasteiger partial charge is 0.122 e. The molecule has 2 aromatic rings. The van der Waals surface area contributed by atoms with E-state index in [1.165, 1.54) is 29.2 Å². The second-order valence-corrected chi connectivity index (χ2v) is 6.57. The fourth-order valence-electron chi connectivity index (χ4n) is 2.68. The molecule has 2 rings (SSSR count). The van der Waals surface area contributed by atoms with Crippen LogP contribution in [-0.4, -0.2) is 18.6 Å². The van der Waals surface area contributed by atoms with E-state index in [0.29, 0.717) is 0 Å². The maximum atomic E-state index is 5.96. The predicted molar refractivity (Wildman–Crippen MR) is 99.1 cm³/mol. The number of aryl methyl sites for hydroxylation is 1. The van der Waals surface area contributed by atoms with Crippen molar-refractivity contribution in [2.75, 3.05) is 12.5 Å². The summed E-state index contributed by atoms with van der Waals surface area (Å²) in [5.41, 5.74) is 1.19. The molecular weight excluding hydrogens is 308 g/mol. The van der Waals surface area contributed by atoms with Crippen LogP contribution in [0.15, 0.2) is 30.3 Å².